The Hall–Kier alpha value is -7.87. The molecule has 7 nitrogen and oxygen atoms in total. The van der Waals surface area contributed by atoms with Gasteiger partial charge < -0.3 is 9.13 Å². The minimum atomic E-state index is 0.195. The molecule has 0 aliphatic rings. The molecule has 0 fully saturated rings. The Kier molecular flexibility index (Phi) is 7.11. The Bertz CT molecular complexity index is 3110. The van der Waals surface area contributed by atoms with Gasteiger partial charge in [0, 0.05) is 43.9 Å². The molecule has 7 aromatic carbocycles. The topological polar surface area (TPSA) is 96.1 Å². The summed E-state index contributed by atoms with van der Waals surface area (Å²) in [4.78, 5) is 14.6. The molecule has 3 heterocycles. The zero-order valence-electron chi connectivity index (χ0n) is 28.7. The first-order chi connectivity index (χ1) is 26.7. The summed E-state index contributed by atoms with van der Waals surface area (Å²) in [6.07, 6.45) is 0. The van der Waals surface area contributed by atoms with E-state index in [9.17, 15) is 10.5 Å². The maximum Gasteiger partial charge on any atom is 0.165 e. The number of nitriles is 2. The summed E-state index contributed by atoms with van der Waals surface area (Å²) in [5.41, 5.74) is 8.11. The van der Waals surface area contributed by atoms with Gasteiger partial charge in [0.1, 0.15) is 12.1 Å². The largest absolute Gasteiger partial charge is 0.307 e. The van der Waals surface area contributed by atoms with Gasteiger partial charge in [0.2, 0.25) is 0 Å². The molecule has 7 heteroatoms. The second-order valence-corrected chi connectivity index (χ2v) is 13.0. The van der Waals surface area contributed by atoms with Crippen molar-refractivity contribution in [1.29, 1.82) is 10.5 Å². The molecule has 0 spiro atoms. The van der Waals surface area contributed by atoms with E-state index in [0.717, 1.165) is 60.4 Å². The first-order valence-corrected chi connectivity index (χ1v) is 17.6. The van der Waals surface area contributed by atoms with Crippen LogP contribution in [0.5, 0.6) is 0 Å². The van der Waals surface area contributed by atoms with Crippen LogP contribution >= 0.6 is 0 Å². The maximum absolute atomic E-state index is 11.0. The molecule has 0 unspecified atom stereocenters. The van der Waals surface area contributed by atoms with Crippen LogP contribution in [0.3, 0.4) is 0 Å². The highest BCUT2D eigenvalue weighted by atomic mass is 15.1. The number of nitrogens with zero attached hydrogens (tertiary/aromatic N) is 7. The van der Waals surface area contributed by atoms with E-state index >= 15 is 0 Å². The first kappa shape index (κ1) is 30.9. The van der Waals surface area contributed by atoms with Crippen molar-refractivity contribution in [3.63, 3.8) is 0 Å². The molecule has 0 N–H and O–H groups in total. The summed E-state index contributed by atoms with van der Waals surface area (Å²) >= 11 is 0. The van der Waals surface area contributed by atoms with Gasteiger partial charge in [0.05, 0.1) is 38.9 Å². The van der Waals surface area contributed by atoms with Gasteiger partial charge in [-0.2, -0.15) is 10.5 Å². The van der Waals surface area contributed by atoms with E-state index in [1.165, 1.54) is 0 Å². The van der Waals surface area contributed by atoms with Crippen LogP contribution in [0.15, 0.2) is 164 Å². The molecule has 0 saturated heterocycles. The van der Waals surface area contributed by atoms with Gasteiger partial charge in [-0.1, -0.05) is 127 Å². The van der Waals surface area contributed by atoms with Gasteiger partial charge in [-0.05, 0) is 36.4 Å². The molecule has 10 rings (SSSR count). The fraction of sp³-hybridized carbons (Fsp3) is 0. The van der Waals surface area contributed by atoms with E-state index in [1.807, 2.05) is 103 Å². The van der Waals surface area contributed by atoms with Gasteiger partial charge in [0.25, 0.3) is 0 Å². The van der Waals surface area contributed by atoms with Crippen molar-refractivity contribution < 1.29 is 0 Å². The van der Waals surface area contributed by atoms with Crippen LogP contribution in [-0.2, 0) is 0 Å². The summed E-state index contributed by atoms with van der Waals surface area (Å²) in [5.74, 6) is 1.27. The zero-order valence-corrected chi connectivity index (χ0v) is 28.7. The monoisotopic (exact) mass is 689 g/mol. The van der Waals surface area contributed by atoms with E-state index in [0.29, 0.717) is 28.7 Å². The van der Waals surface area contributed by atoms with Crippen LogP contribution in [0.25, 0.3) is 89.2 Å². The van der Waals surface area contributed by atoms with E-state index in [2.05, 4.69) is 81.9 Å². The van der Waals surface area contributed by atoms with Crippen LogP contribution < -0.4 is 0 Å². The molecule has 0 aliphatic carbocycles. The van der Waals surface area contributed by atoms with Gasteiger partial charge in [0.15, 0.2) is 17.5 Å². The van der Waals surface area contributed by atoms with E-state index in [4.69, 9.17) is 15.0 Å². The van der Waals surface area contributed by atoms with Crippen LogP contribution in [0, 0.1) is 22.7 Å². The second-order valence-electron chi connectivity index (χ2n) is 13.0. The lowest BCUT2D eigenvalue weighted by atomic mass is 9.99. The van der Waals surface area contributed by atoms with Crippen molar-refractivity contribution in [3.8, 4) is 57.7 Å². The quantitative estimate of drug-likeness (QED) is 0.179. The average Bonchev–Trinajstić information content (AvgIpc) is 3.77. The molecular formula is C47H27N7. The van der Waals surface area contributed by atoms with E-state index in [-0.39, 0.29) is 11.1 Å². The van der Waals surface area contributed by atoms with Crippen LogP contribution in [0.2, 0.25) is 0 Å². The smallest absolute Gasteiger partial charge is 0.165 e. The van der Waals surface area contributed by atoms with Gasteiger partial charge >= 0.3 is 0 Å². The second kappa shape index (κ2) is 12.4. The number of benzene rings is 7. The molecule has 3 aromatic heterocycles. The predicted octanol–water partition coefficient (Wildman–Crippen LogP) is 10.8. The summed E-state index contributed by atoms with van der Waals surface area (Å²) in [6.45, 7) is 0. The highest BCUT2D eigenvalue weighted by molar-refractivity contribution is 6.23. The third kappa shape index (κ3) is 4.70. The number of hydrogen-bond donors (Lipinski definition) is 0. The lowest BCUT2D eigenvalue weighted by Gasteiger charge is -2.16. The van der Waals surface area contributed by atoms with Crippen molar-refractivity contribution in [2.45, 2.75) is 0 Å². The normalized spacial score (nSPS) is 11.3. The molecular weight excluding hydrogens is 663 g/mol. The number of hydrogen-bond acceptors (Lipinski definition) is 5. The van der Waals surface area contributed by atoms with Gasteiger partial charge in [-0.15, -0.1) is 0 Å². The lowest BCUT2D eigenvalue weighted by Crippen LogP contribution is -2.05. The number of fused-ring (bicyclic) bond motifs is 7. The highest BCUT2D eigenvalue weighted by Gasteiger charge is 2.25. The molecule has 0 aliphatic heterocycles. The van der Waals surface area contributed by atoms with Crippen LogP contribution in [0.1, 0.15) is 11.1 Å². The average molecular weight is 690 g/mol. The fourth-order valence-electron chi connectivity index (χ4n) is 7.72. The molecule has 0 bridgehead atoms. The van der Waals surface area contributed by atoms with Crippen molar-refractivity contribution >= 4 is 43.6 Å². The van der Waals surface area contributed by atoms with Gasteiger partial charge in [-0.25, -0.2) is 15.0 Å². The highest BCUT2D eigenvalue weighted by Crippen LogP contribution is 2.43. The molecule has 54 heavy (non-hydrogen) atoms. The summed E-state index contributed by atoms with van der Waals surface area (Å²) < 4.78 is 4.45. The molecule has 0 saturated carbocycles. The Morgan fingerprint density at radius 3 is 1.41 bits per heavy atom. The third-order valence-corrected chi connectivity index (χ3v) is 10.1. The zero-order chi connectivity index (χ0) is 36.2. The summed E-state index contributed by atoms with van der Waals surface area (Å²) in [6, 6.07) is 59.4. The Morgan fingerprint density at radius 2 is 0.852 bits per heavy atom. The number of para-hydroxylation sites is 3. The molecule has 10 aromatic rings. The molecule has 0 radical (unpaired) electrons. The number of aromatic nitrogens is 5. The van der Waals surface area contributed by atoms with Crippen molar-refractivity contribution in [1.82, 2.24) is 24.1 Å². The molecule has 0 atom stereocenters. The minimum absolute atomic E-state index is 0.195. The minimum Gasteiger partial charge on any atom is -0.307 e. The Labute approximate surface area is 309 Å². The number of rotatable bonds is 5. The maximum atomic E-state index is 11.0. The van der Waals surface area contributed by atoms with Crippen LogP contribution in [-0.4, -0.2) is 24.1 Å². The van der Waals surface area contributed by atoms with E-state index < -0.39 is 0 Å². The predicted molar refractivity (Wildman–Crippen MR) is 214 cm³/mol. The lowest BCUT2D eigenvalue weighted by molar-refractivity contribution is 1.07. The third-order valence-electron chi connectivity index (χ3n) is 10.1. The first-order valence-electron chi connectivity index (χ1n) is 17.6. The van der Waals surface area contributed by atoms with Crippen molar-refractivity contribution in [2.75, 3.05) is 0 Å². The fourth-order valence-corrected chi connectivity index (χ4v) is 7.72. The Balaban J connectivity index is 1.29. The van der Waals surface area contributed by atoms with Crippen molar-refractivity contribution in [2.24, 2.45) is 0 Å². The van der Waals surface area contributed by atoms with Crippen LogP contribution in [0.4, 0.5) is 0 Å². The Morgan fingerprint density at radius 1 is 0.389 bits per heavy atom. The summed E-state index contributed by atoms with van der Waals surface area (Å²) in [5, 5.41) is 26.2. The van der Waals surface area contributed by atoms with E-state index in [1.54, 1.807) is 0 Å². The van der Waals surface area contributed by atoms with Crippen molar-refractivity contribution in [3.05, 3.63) is 175 Å². The molecule has 0 amide bonds. The molecule has 250 valence electrons. The summed E-state index contributed by atoms with van der Waals surface area (Å²) in [7, 11) is 0. The van der Waals surface area contributed by atoms with Gasteiger partial charge in [-0.3, -0.25) is 0 Å². The standard InChI is InChI=1S/C47H27N7/c48-28-38-37(47-51-45(30-14-4-1-5-15-30)50-46(52-47)31-16-6-2-7-17-31)26-27-42(39(38)29-49)54-41-23-13-11-21-34(41)36-25-24-35-33-20-10-12-22-40(33)53(43(35)44(36)54)32-18-8-3-9-19-32/h1-27H. The SMILES string of the molecule is N#Cc1c(-c2nc(-c3ccccc3)nc(-c3ccccc3)n2)ccc(-n2c3ccccc3c3ccc4c5ccccc5n(-c5ccccc5)c4c32)c1C#N.